The van der Waals surface area contributed by atoms with E-state index >= 15 is 0 Å². The lowest BCUT2D eigenvalue weighted by atomic mass is 10.2. The minimum absolute atomic E-state index is 0.176. The van der Waals surface area contributed by atoms with Gasteiger partial charge >= 0.3 is 0 Å². The predicted octanol–water partition coefficient (Wildman–Crippen LogP) is 3.73. The Morgan fingerprint density at radius 1 is 1.31 bits per heavy atom. The molecule has 0 atom stereocenters. The van der Waals surface area contributed by atoms with Crippen LogP contribution < -0.4 is 0 Å². The van der Waals surface area contributed by atoms with Crippen LogP contribution in [0.3, 0.4) is 0 Å². The number of hydrogen-bond acceptors (Lipinski definition) is 1. The lowest BCUT2D eigenvalue weighted by molar-refractivity contribution is 0.278. The fourth-order valence-electron chi connectivity index (χ4n) is 1.74. The minimum Gasteiger partial charge on any atom is -0.395 e. The molecule has 2 rings (SSSR count). The van der Waals surface area contributed by atoms with Gasteiger partial charge in [0, 0.05) is 28.1 Å². The van der Waals surface area contributed by atoms with Gasteiger partial charge in [0.15, 0.2) is 0 Å². The Balaban J connectivity index is 0.000000606. The third-order valence-electron chi connectivity index (χ3n) is 2.38. The van der Waals surface area contributed by atoms with E-state index in [0.717, 1.165) is 4.47 Å². The number of aryl methyl sites for hydroxylation is 1. The molecule has 88 valence electrons. The molecule has 0 fully saturated rings. The number of aliphatic hydroxyl groups excluding tert-OH is 1. The molecule has 16 heavy (non-hydrogen) atoms. The number of hydrogen-bond donors (Lipinski definition) is 1. The van der Waals surface area contributed by atoms with E-state index in [1.807, 2.05) is 19.9 Å². The Hall–Kier alpha value is -0.800. The fraction of sp³-hybridized carbons (Fsp3) is 0.385. The van der Waals surface area contributed by atoms with Crippen LogP contribution >= 0.6 is 15.9 Å². The molecule has 0 saturated heterocycles. The molecular formula is C13H18BrNO. The maximum atomic E-state index is 8.93. The summed E-state index contributed by atoms with van der Waals surface area (Å²) < 4.78 is 3.15. The zero-order valence-electron chi connectivity index (χ0n) is 10.00. The average molecular weight is 284 g/mol. The lowest BCUT2D eigenvalue weighted by Crippen LogP contribution is -1.99. The normalized spacial score (nSPS) is 10.1. The average Bonchev–Trinajstić information content (AvgIpc) is 2.59. The van der Waals surface area contributed by atoms with Gasteiger partial charge in [-0.05, 0) is 24.6 Å². The molecule has 0 bridgehead atoms. The summed E-state index contributed by atoms with van der Waals surface area (Å²) in [6.07, 6.45) is 2.08. The fourth-order valence-corrected chi connectivity index (χ4v) is 2.09. The summed E-state index contributed by atoms with van der Waals surface area (Å²) in [6.45, 7) is 6.92. The quantitative estimate of drug-likeness (QED) is 0.893. The van der Waals surface area contributed by atoms with Gasteiger partial charge in [0.1, 0.15) is 0 Å². The van der Waals surface area contributed by atoms with Gasteiger partial charge in [0.2, 0.25) is 0 Å². The van der Waals surface area contributed by atoms with Crippen LogP contribution in [0.2, 0.25) is 0 Å². The molecule has 0 aliphatic rings. The maximum absolute atomic E-state index is 8.93. The molecule has 3 heteroatoms. The van der Waals surface area contributed by atoms with Crippen LogP contribution in [-0.4, -0.2) is 16.3 Å². The second-order valence-electron chi connectivity index (χ2n) is 3.39. The standard InChI is InChI=1S/C11H12BrNO.C2H6/c1-8-7-13(4-5-14)11-6-9(12)2-3-10(8)11;1-2/h2-3,6-7,14H,4-5H2,1H3;1-2H3. The van der Waals surface area contributed by atoms with Crippen LogP contribution in [-0.2, 0) is 6.54 Å². The molecule has 1 aromatic carbocycles. The van der Waals surface area contributed by atoms with E-state index in [4.69, 9.17) is 5.11 Å². The summed E-state index contributed by atoms with van der Waals surface area (Å²) in [5, 5.41) is 10.2. The minimum atomic E-state index is 0.176. The highest BCUT2D eigenvalue weighted by atomic mass is 79.9. The molecule has 1 N–H and O–H groups in total. The largest absolute Gasteiger partial charge is 0.395 e. The van der Waals surface area contributed by atoms with Crippen molar-refractivity contribution in [2.24, 2.45) is 0 Å². The van der Waals surface area contributed by atoms with E-state index in [0.29, 0.717) is 6.54 Å². The molecule has 1 heterocycles. The van der Waals surface area contributed by atoms with Gasteiger partial charge in [-0.15, -0.1) is 0 Å². The summed E-state index contributed by atoms with van der Waals surface area (Å²) in [7, 11) is 0. The first-order valence-corrected chi connectivity index (χ1v) is 6.37. The van der Waals surface area contributed by atoms with Crippen molar-refractivity contribution in [3.8, 4) is 0 Å². The monoisotopic (exact) mass is 283 g/mol. The van der Waals surface area contributed by atoms with Crippen LogP contribution in [0, 0.1) is 6.92 Å². The van der Waals surface area contributed by atoms with E-state index < -0.39 is 0 Å². The smallest absolute Gasteiger partial charge is 0.0610 e. The van der Waals surface area contributed by atoms with Crippen molar-refractivity contribution in [3.05, 3.63) is 34.4 Å². The summed E-state index contributed by atoms with van der Waals surface area (Å²) in [5.41, 5.74) is 2.42. The number of halogens is 1. The van der Waals surface area contributed by atoms with E-state index in [-0.39, 0.29) is 6.61 Å². The molecule has 0 amide bonds. The van der Waals surface area contributed by atoms with Crippen LogP contribution in [0.4, 0.5) is 0 Å². The maximum Gasteiger partial charge on any atom is 0.0610 e. The van der Waals surface area contributed by atoms with Crippen LogP contribution in [0.5, 0.6) is 0 Å². The molecule has 0 unspecified atom stereocenters. The molecule has 1 aromatic heterocycles. The first-order valence-electron chi connectivity index (χ1n) is 5.58. The Bertz CT molecular complexity index is 462. The highest BCUT2D eigenvalue weighted by Gasteiger charge is 2.04. The summed E-state index contributed by atoms with van der Waals surface area (Å²) in [6, 6.07) is 6.22. The SMILES string of the molecule is CC.Cc1cn(CCO)c2cc(Br)ccc12. The van der Waals surface area contributed by atoms with Gasteiger partial charge < -0.3 is 9.67 Å². The number of aromatic nitrogens is 1. The van der Waals surface area contributed by atoms with Crippen molar-refractivity contribution in [2.75, 3.05) is 6.61 Å². The molecule has 0 aliphatic heterocycles. The van der Waals surface area contributed by atoms with E-state index in [1.54, 1.807) is 0 Å². The first kappa shape index (κ1) is 13.3. The molecule has 0 spiro atoms. The zero-order valence-corrected chi connectivity index (χ0v) is 11.6. The number of benzene rings is 1. The van der Waals surface area contributed by atoms with Gasteiger partial charge in [-0.3, -0.25) is 0 Å². The van der Waals surface area contributed by atoms with Crippen molar-refractivity contribution in [2.45, 2.75) is 27.3 Å². The summed E-state index contributed by atoms with van der Waals surface area (Å²) in [4.78, 5) is 0. The van der Waals surface area contributed by atoms with Crippen LogP contribution in [0.25, 0.3) is 10.9 Å². The second-order valence-corrected chi connectivity index (χ2v) is 4.31. The third-order valence-corrected chi connectivity index (χ3v) is 2.88. The molecule has 0 radical (unpaired) electrons. The van der Waals surface area contributed by atoms with Crippen molar-refractivity contribution in [1.29, 1.82) is 0 Å². The van der Waals surface area contributed by atoms with E-state index in [1.165, 1.54) is 16.5 Å². The van der Waals surface area contributed by atoms with E-state index in [9.17, 15) is 0 Å². The molecule has 0 saturated carbocycles. The highest BCUT2D eigenvalue weighted by Crippen LogP contribution is 2.24. The van der Waals surface area contributed by atoms with Gasteiger partial charge in [-0.2, -0.15) is 0 Å². The van der Waals surface area contributed by atoms with Gasteiger partial charge in [0.05, 0.1) is 6.61 Å². The molecular weight excluding hydrogens is 266 g/mol. The Labute approximate surface area is 105 Å². The van der Waals surface area contributed by atoms with Crippen molar-refractivity contribution in [1.82, 2.24) is 4.57 Å². The lowest BCUT2D eigenvalue weighted by Gasteiger charge is -2.01. The number of fused-ring (bicyclic) bond motifs is 1. The second kappa shape index (κ2) is 6.06. The van der Waals surface area contributed by atoms with Gasteiger partial charge in [0.25, 0.3) is 0 Å². The van der Waals surface area contributed by atoms with Crippen molar-refractivity contribution >= 4 is 26.8 Å². The highest BCUT2D eigenvalue weighted by molar-refractivity contribution is 9.10. The van der Waals surface area contributed by atoms with Crippen LogP contribution in [0.1, 0.15) is 19.4 Å². The molecule has 2 nitrogen and oxygen atoms in total. The summed E-state index contributed by atoms with van der Waals surface area (Å²) in [5.74, 6) is 0. The van der Waals surface area contributed by atoms with Crippen molar-refractivity contribution in [3.63, 3.8) is 0 Å². The zero-order chi connectivity index (χ0) is 12.1. The Morgan fingerprint density at radius 3 is 2.62 bits per heavy atom. The van der Waals surface area contributed by atoms with Gasteiger partial charge in [-0.1, -0.05) is 35.8 Å². The van der Waals surface area contributed by atoms with Crippen molar-refractivity contribution < 1.29 is 5.11 Å². The van der Waals surface area contributed by atoms with Crippen LogP contribution in [0.15, 0.2) is 28.9 Å². The van der Waals surface area contributed by atoms with Gasteiger partial charge in [-0.25, -0.2) is 0 Å². The number of aliphatic hydroxyl groups is 1. The predicted molar refractivity (Wildman–Crippen MR) is 72.8 cm³/mol. The number of rotatable bonds is 2. The molecule has 0 aliphatic carbocycles. The van der Waals surface area contributed by atoms with E-state index in [2.05, 4.69) is 45.8 Å². The number of nitrogens with zero attached hydrogens (tertiary/aromatic N) is 1. The Morgan fingerprint density at radius 2 is 2.00 bits per heavy atom. The first-order chi connectivity index (χ1) is 7.72. The third kappa shape index (κ3) is 2.66. The topological polar surface area (TPSA) is 25.2 Å². The molecule has 2 aromatic rings. The Kier molecular flexibility index (Phi) is 5.03. The summed E-state index contributed by atoms with van der Waals surface area (Å²) >= 11 is 3.45.